The molecular formula is C19H15ClN2O6. The molecule has 2 aromatic rings. The Labute approximate surface area is 164 Å². The molecule has 1 aliphatic rings. The van der Waals surface area contributed by atoms with Gasteiger partial charge in [0, 0.05) is 10.6 Å². The highest BCUT2D eigenvalue weighted by Gasteiger charge is 2.28. The quantitative estimate of drug-likeness (QED) is 0.461. The Morgan fingerprint density at radius 1 is 1.11 bits per heavy atom. The van der Waals surface area contributed by atoms with Crippen molar-refractivity contribution < 1.29 is 28.3 Å². The number of benzene rings is 1. The van der Waals surface area contributed by atoms with Crippen LogP contribution in [0.5, 0.6) is 0 Å². The van der Waals surface area contributed by atoms with Crippen LogP contribution in [-0.4, -0.2) is 29.9 Å². The van der Waals surface area contributed by atoms with Crippen molar-refractivity contribution in [1.29, 1.82) is 0 Å². The Kier molecular flexibility index (Phi) is 5.32. The second-order valence-corrected chi connectivity index (χ2v) is 6.58. The lowest BCUT2D eigenvalue weighted by molar-refractivity contribution is -0.123. The Balaban J connectivity index is 1.96. The van der Waals surface area contributed by atoms with Gasteiger partial charge in [-0.1, -0.05) is 11.6 Å². The van der Waals surface area contributed by atoms with E-state index in [2.05, 4.69) is 0 Å². The van der Waals surface area contributed by atoms with Gasteiger partial charge >= 0.3 is 12.0 Å². The number of barbiturate groups is 1. The number of rotatable bonds is 4. The van der Waals surface area contributed by atoms with E-state index in [1.54, 1.807) is 32.0 Å². The van der Waals surface area contributed by atoms with Gasteiger partial charge in [0.25, 0.3) is 11.8 Å². The maximum atomic E-state index is 12.3. The van der Waals surface area contributed by atoms with Crippen LogP contribution in [-0.2, 0) is 14.3 Å². The number of hydrogen-bond acceptors (Lipinski definition) is 6. The molecule has 3 rings (SSSR count). The van der Waals surface area contributed by atoms with Crippen LogP contribution in [0.15, 0.2) is 40.3 Å². The van der Waals surface area contributed by atoms with E-state index in [9.17, 15) is 19.2 Å². The minimum absolute atomic E-state index is 0.174. The molecular weight excluding hydrogens is 388 g/mol. The zero-order valence-electron chi connectivity index (χ0n) is 14.9. The van der Waals surface area contributed by atoms with Crippen LogP contribution in [0, 0.1) is 0 Å². The molecule has 1 aliphatic heterocycles. The average molecular weight is 403 g/mol. The molecule has 28 heavy (non-hydrogen) atoms. The number of amides is 4. The number of carbonyl (C=O) groups is 4. The number of hydrogen-bond donors (Lipinski definition) is 2. The molecule has 8 nitrogen and oxygen atoms in total. The molecule has 0 atom stereocenters. The third kappa shape index (κ3) is 4.12. The van der Waals surface area contributed by atoms with Crippen molar-refractivity contribution >= 4 is 41.5 Å². The van der Waals surface area contributed by atoms with Gasteiger partial charge in [0.1, 0.15) is 17.1 Å². The van der Waals surface area contributed by atoms with Crippen LogP contribution >= 0.6 is 11.6 Å². The van der Waals surface area contributed by atoms with Crippen LogP contribution in [0.3, 0.4) is 0 Å². The lowest BCUT2D eigenvalue weighted by atomic mass is 10.1. The van der Waals surface area contributed by atoms with Crippen LogP contribution in [0.1, 0.15) is 30.0 Å². The van der Waals surface area contributed by atoms with E-state index in [1.807, 2.05) is 10.6 Å². The van der Waals surface area contributed by atoms with Gasteiger partial charge in [-0.05, 0) is 50.3 Å². The number of furan rings is 1. The molecule has 144 valence electrons. The van der Waals surface area contributed by atoms with Gasteiger partial charge in [0.05, 0.1) is 11.7 Å². The average Bonchev–Trinajstić information content (AvgIpc) is 3.06. The van der Waals surface area contributed by atoms with Gasteiger partial charge in [0.2, 0.25) is 0 Å². The largest absolute Gasteiger partial charge is 0.459 e. The van der Waals surface area contributed by atoms with Gasteiger partial charge in [-0.3, -0.25) is 20.2 Å². The highest BCUT2D eigenvalue weighted by Crippen LogP contribution is 2.30. The van der Waals surface area contributed by atoms with Gasteiger partial charge in [-0.15, -0.1) is 0 Å². The molecule has 0 saturated carbocycles. The van der Waals surface area contributed by atoms with E-state index in [0.717, 1.165) is 0 Å². The lowest BCUT2D eigenvalue weighted by Crippen LogP contribution is -2.51. The van der Waals surface area contributed by atoms with Crippen molar-refractivity contribution in [2.24, 2.45) is 0 Å². The SMILES string of the molecule is CC(C)OC(=O)c1ccc(Cl)cc1-c1ccc(C=C2C(=O)NC(=O)NC2=O)o1. The fourth-order valence-corrected chi connectivity index (χ4v) is 2.67. The summed E-state index contributed by atoms with van der Waals surface area (Å²) in [6, 6.07) is 6.82. The van der Waals surface area contributed by atoms with Crippen molar-refractivity contribution in [3.8, 4) is 11.3 Å². The molecule has 1 aromatic heterocycles. The van der Waals surface area contributed by atoms with E-state index in [0.29, 0.717) is 10.6 Å². The molecule has 0 unspecified atom stereocenters. The summed E-state index contributed by atoms with van der Waals surface area (Å²) in [5.74, 6) is -1.75. The van der Waals surface area contributed by atoms with E-state index in [4.69, 9.17) is 20.8 Å². The third-order valence-electron chi connectivity index (χ3n) is 3.67. The van der Waals surface area contributed by atoms with Crippen LogP contribution < -0.4 is 10.6 Å². The first-order valence-corrected chi connectivity index (χ1v) is 8.61. The molecule has 1 saturated heterocycles. The summed E-state index contributed by atoms with van der Waals surface area (Å²) < 4.78 is 10.9. The smallest absolute Gasteiger partial charge is 0.339 e. The van der Waals surface area contributed by atoms with Crippen LogP contribution in [0.2, 0.25) is 5.02 Å². The van der Waals surface area contributed by atoms with E-state index in [1.165, 1.54) is 18.2 Å². The molecule has 0 aliphatic carbocycles. The molecule has 0 radical (unpaired) electrons. The highest BCUT2D eigenvalue weighted by atomic mass is 35.5. The van der Waals surface area contributed by atoms with Gasteiger partial charge < -0.3 is 9.15 Å². The maximum absolute atomic E-state index is 12.3. The third-order valence-corrected chi connectivity index (χ3v) is 3.90. The zero-order valence-corrected chi connectivity index (χ0v) is 15.6. The number of imide groups is 2. The lowest BCUT2D eigenvalue weighted by Gasteiger charge is -2.13. The van der Waals surface area contributed by atoms with Crippen molar-refractivity contribution in [2.45, 2.75) is 20.0 Å². The Hall–Kier alpha value is -3.39. The van der Waals surface area contributed by atoms with E-state index in [-0.39, 0.29) is 28.8 Å². The molecule has 2 heterocycles. The van der Waals surface area contributed by atoms with E-state index < -0.39 is 23.8 Å². The molecule has 0 bridgehead atoms. The molecule has 9 heteroatoms. The number of ether oxygens (including phenoxy) is 1. The standard InChI is InChI=1S/C19H15ClN2O6/c1-9(2)27-18(25)12-5-3-10(20)7-13(12)15-6-4-11(28-15)8-14-16(23)21-19(26)22-17(14)24/h3-9H,1-2H3,(H2,21,22,23,24,26). The fourth-order valence-electron chi connectivity index (χ4n) is 2.50. The molecule has 1 fully saturated rings. The number of urea groups is 1. The summed E-state index contributed by atoms with van der Waals surface area (Å²) in [7, 11) is 0. The van der Waals surface area contributed by atoms with Gasteiger partial charge in [0.15, 0.2) is 0 Å². The number of nitrogens with one attached hydrogen (secondary N) is 2. The van der Waals surface area contributed by atoms with Crippen LogP contribution in [0.4, 0.5) is 4.79 Å². The van der Waals surface area contributed by atoms with Crippen molar-refractivity contribution in [3.63, 3.8) is 0 Å². The summed E-state index contributed by atoms with van der Waals surface area (Å²) in [6.07, 6.45) is 0.885. The fraction of sp³-hybridized carbons (Fsp3) is 0.158. The van der Waals surface area contributed by atoms with Crippen molar-refractivity contribution in [3.05, 3.63) is 52.3 Å². The van der Waals surface area contributed by atoms with Crippen molar-refractivity contribution in [1.82, 2.24) is 10.6 Å². The Bertz CT molecular complexity index is 999. The summed E-state index contributed by atoms with van der Waals surface area (Å²) >= 11 is 6.05. The number of esters is 1. The zero-order chi connectivity index (χ0) is 20.4. The minimum Gasteiger partial charge on any atom is -0.459 e. The summed E-state index contributed by atoms with van der Waals surface area (Å²) in [4.78, 5) is 47.1. The first-order valence-electron chi connectivity index (χ1n) is 8.23. The molecule has 0 spiro atoms. The Morgan fingerprint density at radius 3 is 2.43 bits per heavy atom. The van der Waals surface area contributed by atoms with Crippen LogP contribution in [0.25, 0.3) is 17.4 Å². The normalized spacial score (nSPS) is 14.0. The minimum atomic E-state index is -0.889. The number of halogens is 1. The molecule has 4 amide bonds. The maximum Gasteiger partial charge on any atom is 0.339 e. The first-order chi connectivity index (χ1) is 13.2. The molecule has 2 N–H and O–H groups in total. The number of carbonyl (C=O) groups excluding carboxylic acids is 4. The monoisotopic (exact) mass is 402 g/mol. The Morgan fingerprint density at radius 2 is 1.79 bits per heavy atom. The first kappa shape index (κ1) is 19.4. The summed E-state index contributed by atoms with van der Waals surface area (Å²) in [6.45, 7) is 3.46. The highest BCUT2D eigenvalue weighted by molar-refractivity contribution is 6.31. The summed E-state index contributed by atoms with van der Waals surface area (Å²) in [5, 5.41) is 4.33. The van der Waals surface area contributed by atoms with Gasteiger partial charge in [-0.25, -0.2) is 9.59 Å². The van der Waals surface area contributed by atoms with Gasteiger partial charge in [-0.2, -0.15) is 0 Å². The summed E-state index contributed by atoms with van der Waals surface area (Å²) in [5.41, 5.74) is 0.368. The molecule has 1 aromatic carbocycles. The topological polar surface area (TPSA) is 115 Å². The predicted molar refractivity (Wildman–Crippen MR) is 99.4 cm³/mol. The second kappa shape index (κ2) is 7.69. The predicted octanol–water partition coefficient (Wildman–Crippen LogP) is 2.91. The van der Waals surface area contributed by atoms with E-state index >= 15 is 0 Å². The van der Waals surface area contributed by atoms with Crippen molar-refractivity contribution in [2.75, 3.05) is 0 Å². The second-order valence-electron chi connectivity index (χ2n) is 6.14.